The number of ether oxygens (including phenoxy) is 2. The second-order valence-corrected chi connectivity index (χ2v) is 15.6. The zero-order valence-corrected chi connectivity index (χ0v) is 32.5. The third-order valence-electron chi connectivity index (χ3n) is 11.8. The second kappa shape index (κ2) is 18.4. The lowest BCUT2D eigenvalue weighted by atomic mass is 9.78. The molecule has 12 nitrogen and oxygen atoms in total. The van der Waals surface area contributed by atoms with Crippen molar-refractivity contribution in [2.75, 3.05) is 64.3 Å². The van der Waals surface area contributed by atoms with Crippen LogP contribution in [0.15, 0.2) is 36.4 Å². The standard InChI is InChI=1S/C40H51ClF3N5O7/c1-2-55-35(50)14-17-46-15-7-27(8-16-46)28-9-18-47(19-10-28)37(52)34(25-26-23-31(40(42,43)44)36(51)32(41)24-26)56-39(54)48-20-12-30(13-21-48)49-22-11-29-5-3-4-6-33(29)45-38(49)53/h3-6,23-24,27-28,30,34,51H,2,7-22,25H2,1H3,(H,45,53)/t34-/m1/s1. The molecule has 4 heterocycles. The average molecular weight is 806 g/mol. The number of hydrogen-bond acceptors (Lipinski definition) is 8. The lowest BCUT2D eigenvalue weighted by Gasteiger charge is -2.41. The highest BCUT2D eigenvalue weighted by atomic mass is 35.5. The Morgan fingerprint density at radius 2 is 1.57 bits per heavy atom. The first-order valence-electron chi connectivity index (χ1n) is 19.7. The summed E-state index contributed by atoms with van der Waals surface area (Å²) < 4.78 is 52.3. The number of esters is 1. The molecule has 4 amide bonds. The minimum Gasteiger partial charge on any atom is -0.506 e. The summed E-state index contributed by atoms with van der Waals surface area (Å²) in [4.78, 5) is 59.8. The number of phenols is 1. The number of anilines is 1. The first-order valence-corrected chi connectivity index (χ1v) is 20.0. The van der Waals surface area contributed by atoms with Crippen LogP contribution >= 0.6 is 11.6 Å². The number of carbonyl (C=O) groups excluding carboxylic acids is 4. The number of benzene rings is 2. The second-order valence-electron chi connectivity index (χ2n) is 15.2. The van der Waals surface area contributed by atoms with Crippen molar-refractivity contribution in [3.05, 3.63) is 58.1 Å². The molecule has 6 rings (SSSR count). The number of aromatic hydroxyl groups is 1. The van der Waals surface area contributed by atoms with Crippen LogP contribution in [0.2, 0.25) is 5.02 Å². The minimum absolute atomic E-state index is 0.0113. The van der Waals surface area contributed by atoms with E-state index in [2.05, 4.69) is 10.2 Å². The lowest BCUT2D eigenvalue weighted by molar-refractivity contribution is -0.144. The predicted molar refractivity (Wildman–Crippen MR) is 202 cm³/mol. The highest BCUT2D eigenvalue weighted by Gasteiger charge is 2.39. The number of piperidine rings is 3. The van der Waals surface area contributed by atoms with Gasteiger partial charge in [0, 0.05) is 57.4 Å². The fraction of sp³-hybridized carbons (Fsp3) is 0.600. The molecule has 56 heavy (non-hydrogen) atoms. The fourth-order valence-corrected chi connectivity index (χ4v) is 8.84. The van der Waals surface area contributed by atoms with Gasteiger partial charge in [-0.1, -0.05) is 29.8 Å². The van der Waals surface area contributed by atoms with Crippen LogP contribution in [0.25, 0.3) is 0 Å². The van der Waals surface area contributed by atoms with Crippen LogP contribution in [-0.2, 0) is 38.1 Å². The van der Waals surface area contributed by atoms with Crippen LogP contribution in [0.1, 0.15) is 68.6 Å². The zero-order chi connectivity index (χ0) is 40.0. The molecule has 3 saturated heterocycles. The van der Waals surface area contributed by atoms with Crippen molar-refractivity contribution in [3.63, 3.8) is 0 Å². The Bertz CT molecular complexity index is 1720. The summed E-state index contributed by atoms with van der Waals surface area (Å²) in [6.45, 7) is 6.46. The molecule has 0 aromatic heterocycles. The lowest BCUT2D eigenvalue weighted by Crippen LogP contribution is -2.52. The summed E-state index contributed by atoms with van der Waals surface area (Å²) in [5, 5.41) is 12.5. The van der Waals surface area contributed by atoms with Gasteiger partial charge in [-0.3, -0.25) is 9.59 Å². The van der Waals surface area contributed by atoms with Crippen LogP contribution in [0.4, 0.5) is 28.4 Å². The van der Waals surface area contributed by atoms with Crippen molar-refractivity contribution < 1.29 is 46.9 Å². The smallest absolute Gasteiger partial charge is 0.420 e. The SMILES string of the molecule is CCOC(=O)CCN1CCC(C2CCN(C(=O)[C@@H](Cc3cc(Cl)c(O)c(C(F)(F)F)c3)OC(=O)N3CCC(N4CCc5ccccc5NC4=O)CC3)CC2)CC1. The molecule has 2 aromatic carbocycles. The number of rotatable bonds is 10. The Morgan fingerprint density at radius 3 is 2.23 bits per heavy atom. The summed E-state index contributed by atoms with van der Waals surface area (Å²) in [5.74, 6) is -0.948. The highest BCUT2D eigenvalue weighted by molar-refractivity contribution is 6.32. The Balaban J connectivity index is 1.07. The number of urea groups is 1. The van der Waals surface area contributed by atoms with Crippen LogP contribution in [-0.4, -0.2) is 120 Å². The number of fused-ring (bicyclic) bond motifs is 1. The first kappa shape index (κ1) is 41.4. The van der Waals surface area contributed by atoms with Crippen molar-refractivity contribution in [1.29, 1.82) is 0 Å². The Morgan fingerprint density at radius 1 is 0.929 bits per heavy atom. The number of carbonyl (C=O) groups is 4. The topological polar surface area (TPSA) is 132 Å². The molecule has 1 atom stereocenters. The highest BCUT2D eigenvalue weighted by Crippen LogP contribution is 2.41. The minimum atomic E-state index is -4.91. The molecule has 0 unspecified atom stereocenters. The molecule has 4 aliphatic heterocycles. The van der Waals surface area contributed by atoms with E-state index in [0.29, 0.717) is 70.3 Å². The van der Waals surface area contributed by atoms with Crippen molar-refractivity contribution >= 4 is 41.3 Å². The summed E-state index contributed by atoms with van der Waals surface area (Å²) >= 11 is 6.01. The largest absolute Gasteiger partial charge is 0.506 e. The van der Waals surface area contributed by atoms with Gasteiger partial charge in [0.2, 0.25) is 0 Å². The Kier molecular flexibility index (Phi) is 13.6. The third-order valence-corrected chi connectivity index (χ3v) is 12.0. The summed E-state index contributed by atoms with van der Waals surface area (Å²) in [7, 11) is 0. The van der Waals surface area contributed by atoms with Gasteiger partial charge in [-0.05, 0) is 106 Å². The maximum Gasteiger partial charge on any atom is 0.420 e. The van der Waals surface area contributed by atoms with Crippen LogP contribution < -0.4 is 5.32 Å². The molecular formula is C40H51ClF3N5O7. The molecule has 0 spiro atoms. The van der Waals surface area contributed by atoms with Crippen molar-refractivity contribution in [1.82, 2.24) is 19.6 Å². The Labute approximate surface area is 330 Å². The fourth-order valence-electron chi connectivity index (χ4n) is 8.60. The van der Waals surface area contributed by atoms with E-state index in [1.165, 1.54) is 4.90 Å². The van der Waals surface area contributed by atoms with Crippen LogP contribution in [0.5, 0.6) is 5.75 Å². The monoisotopic (exact) mass is 805 g/mol. The molecule has 4 aliphatic rings. The summed E-state index contributed by atoms with van der Waals surface area (Å²) in [6.07, 6.45) is -2.00. The predicted octanol–water partition coefficient (Wildman–Crippen LogP) is 6.57. The number of alkyl halides is 3. The van der Waals surface area contributed by atoms with Gasteiger partial charge in [-0.2, -0.15) is 13.2 Å². The maximum absolute atomic E-state index is 14.1. The number of nitrogens with zero attached hydrogens (tertiary/aromatic N) is 4. The molecule has 16 heteroatoms. The maximum atomic E-state index is 14.1. The van der Waals surface area contributed by atoms with Gasteiger partial charge in [0.25, 0.3) is 5.91 Å². The van der Waals surface area contributed by atoms with Crippen LogP contribution in [0, 0.1) is 11.8 Å². The average Bonchev–Trinajstić information content (AvgIpc) is 3.35. The van der Waals surface area contributed by atoms with Gasteiger partial charge in [-0.25, -0.2) is 9.59 Å². The number of amides is 4. The summed E-state index contributed by atoms with van der Waals surface area (Å²) in [6, 6.07) is 9.22. The zero-order valence-electron chi connectivity index (χ0n) is 31.7. The van der Waals surface area contributed by atoms with Gasteiger partial charge in [0.1, 0.15) is 5.75 Å². The van der Waals surface area contributed by atoms with E-state index in [4.69, 9.17) is 21.1 Å². The first-order chi connectivity index (χ1) is 26.8. The van der Waals surface area contributed by atoms with Gasteiger partial charge >= 0.3 is 24.3 Å². The van der Waals surface area contributed by atoms with E-state index in [9.17, 15) is 37.5 Å². The molecule has 0 saturated carbocycles. The van der Waals surface area contributed by atoms with Crippen molar-refractivity contribution in [2.24, 2.45) is 11.8 Å². The van der Waals surface area contributed by atoms with Crippen LogP contribution in [0.3, 0.4) is 0 Å². The van der Waals surface area contributed by atoms with E-state index in [1.54, 1.807) is 16.7 Å². The molecule has 2 N–H and O–H groups in total. The number of halogens is 4. The van der Waals surface area contributed by atoms with E-state index in [-0.39, 0.29) is 43.1 Å². The van der Waals surface area contributed by atoms with Gasteiger partial charge < -0.3 is 39.5 Å². The third kappa shape index (κ3) is 10.2. The summed E-state index contributed by atoms with van der Waals surface area (Å²) in [5.41, 5.74) is 0.477. The number of hydrogen-bond donors (Lipinski definition) is 2. The van der Waals surface area contributed by atoms with Gasteiger partial charge in [0.15, 0.2) is 6.10 Å². The van der Waals surface area contributed by atoms with Crippen molar-refractivity contribution in [2.45, 2.75) is 83.0 Å². The molecule has 0 radical (unpaired) electrons. The van der Waals surface area contributed by atoms with E-state index in [0.717, 1.165) is 62.2 Å². The molecule has 3 fully saturated rings. The molecule has 306 valence electrons. The van der Waals surface area contributed by atoms with E-state index < -0.39 is 40.6 Å². The quantitative estimate of drug-likeness (QED) is 0.258. The number of nitrogens with one attached hydrogen (secondary N) is 1. The van der Waals surface area contributed by atoms with E-state index in [1.807, 2.05) is 24.3 Å². The number of phenolic OH excluding ortho intramolecular Hbond substituents is 1. The molecule has 0 bridgehead atoms. The van der Waals surface area contributed by atoms with Gasteiger partial charge in [-0.15, -0.1) is 0 Å². The molecular weight excluding hydrogens is 755 g/mol. The normalized spacial score (nSPS) is 19.9. The Hall–Kier alpha value is -4.24. The molecule has 2 aromatic rings. The van der Waals surface area contributed by atoms with Crippen molar-refractivity contribution in [3.8, 4) is 5.75 Å². The number of para-hydroxylation sites is 1. The molecule has 0 aliphatic carbocycles. The van der Waals surface area contributed by atoms with E-state index >= 15 is 0 Å². The van der Waals surface area contributed by atoms with Gasteiger partial charge in [0.05, 0.1) is 23.6 Å². The number of likely N-dealkylation sites (tertiary alicyclic amines) is 3.